The topological polar surface area (TPSA) is 20.2 Å². The molecule has 0 bridgehead atoms. The van der Waals surface area contributed by atoms with Crippen LogP contribution in [0.4, 0.5) is 0 Å². The molecule has 1 atom stereocenters. The molecule has 1 fully saturated rings. The maximum Gasteiger partial charge on any atom is 0.0608 e. The van der Waals surface area contributed by atoms with Gasteiger partial charge in [0.25, 0.3) is 0 Å². The molecular formula is C18H28O. The first-order chi connectivity index (χ1) is 8.79. The van der Waals surface area contributed by atoms with Gasteiger partial charge in [0.2, 0.25) is 0 Å². The van der Waals surface area contributed by atoms with Gasteiger partial charge < -0.3 is 5.11 Å². The van der Waals surface area contributed by atoms with Crippen molar-refractivity contribution in [3.05, 3.63) is 34.4 Å². The van der Waals surface area contributed by atoms with Crippen LogP contribution in [0.5, 0.6) is 0 Å². The van der Waals surface area contributed by atoms with Crippen LogP contribution in [0.15, 0.2) is 12.1 Å². The molecule has 2 rings (SSSR count). The van der Waals surface area contributed by atoms with Crippen LogP contribution >= 0.6 is 0 Å². The molecule has 1 aromatic rings. The molecule has 0 aromatic heterocycles. The smallest absolute Gasteiger partial charge is 0.0608 e. The third kappa shape index (κ3) is 3.20. The van der Waals surface area contributed by atoms with Gasteiger partial charge in [-0.05, 0) is 66.7 Å². The number of aliphatic hydroxyl groups is 1. The summed E-state index contributed by atoms with van der Waals surface area (Å²) in [6.45, 7) is 11.1. The third-order valence-electron chi connectivity index (χ3n) is 4.67. The van der Waals surface area contributed by atoms with E-state index >= 15 is 0 Å². The van der Waals surface area contributed by atoms with Crippen molar-refractivity contribution in [2.75, 3.05) is 0 Å². The molecule has 1 heteroatoms. The summed E-state index contributed by atoms with van der Waals surface area (Å²) in [6.07, 6.45) is 4.39. The van der Waals surface area contributed by atoms with Crippen molar-refractivity contribution in [1.82, 2.24) is 0 Å². The number of benzene rings is 1. The quantitative estimate of drug-likeness (QED) is 0.859. The summed E-state index contributed by atoms with van der Waals surface area (Å²) in [7, 11) is 0. The zero-order valence-corrected chi connectivity index (χ0v) is 13.1. The van der Waals surface area contributed by atoms with E-state index in [9.17, 15) is 5.11 Å². The van der Waals surface area contributed by atoms with Crippen molar-refractivity contribution in [3.63, 3.8) is 0 Å². The Hall–Kier alpha value is -0.820. The molecule has 1 unspecified atom stereocenters. The molecule has 1 nitrogen and oxygen atoms in total. The summed E-state index contributed by atoms with van der Waals surface area (Å²) < 4.78 is 0. The van der Waals surface area contributed by atoms with E-state index in [1.807, 2.05) is 0 Å². The van der Waals surface area contributed by atoms with Crippen molar-refractivity contribution in [2.45, 2.75) is 71.8 Å². The molecule has 0 aliphatic heterocycles. The monoisotopic (exact) mass is 260 g/mol. The fourth-order valence-electron chi connectivity index (χ4n) is 2.95. The number of aryl methyl sites for hydroxylation is 2. The lowest BCUT2D eigenvalue weighted by Crippen LogP contribution is -2.29. The van der Waals surface area contributed by atoms with Crippen LogP contribution in [0, 0.1) is 19.8 Å². The first-order valence-corrected chi connectivity index (χ1v) is 7.57. The molecule has 1 N–H and O–H groups in total. The van der Waals surface area contributed by atoms with Crippen LogP contribution < -0.4 is 0 Å². The zero-order chi connectivity index (χ0) is 14.2. The SMILES string of the molecule is Cc1cc(C(C)(C)C)cc(C)c1CC(O)C1CCC1. The molecule has 0 heterocycles. The van der Waals surface area contributed by atoms with Gasteiger partial charge >= 0.3 is 0 Å². The van der Waals surface area contributed by atoms with Gasteiger partial charge in [-0.25, -0.2) is 0 Å². The van der Waals surface area contributed by atoms with E-state index in [-0.39, 0.29) is 11.5 Å². The maximum atomic E-state index is 10.3. The molecule has 1 aliphatic carbocycles. The molecule has 1 saturated carbocycles. The minimum absolute atomic E-state index is 0.147. The van der Waals surface area contributed by atoms with Crippen LogP contribution in [0.2, 0.25) is 0 Å². The van der Waals surface area contributed by atoms with Gasteiger partial charge in [-0.2, -0.15) is 0 Å². The first-order valence-electron chi connectivity index (χ1n) is 7.57. The largest absolute Gasteiger partial charge is 0.392 e. The summed E-state index contributed by atoms with van der Waals surface area (Å²) >= 11 is 0. The minimum Gasteiger partial charge on any atom is -0.392 e. The highest BCUT2D eigenvalue weighted by Gasteiger charge is 2.26. The minimum atomic E-state index is -0.147. The highest BCUT2D eigenvalue weighted by Crippen LogP contribution is 2.33. The number of aliphatic hydroxyl groups excluding tert-OH is 1. The molecule has 19 heavy (non-hydrogen) atoms. The van der Waals surface area contributed by atoms with Crippen LogP contribution in [0.1, 0.15) is 62.3 Å². The number of hydrogen-bond donors (Lipinski definition) is 1. The van der Waals surface area contributed by atoms with Gasteiger partial charge in [0.05, 0.1) is 6.10 Å². The van der Waals surface area contributed by atoms with E-state index in [1.54, 1.807) is 0 Å². The lowest BCUT2D eigenvalue weighted by molar-refractivity contribution is 0.0627. The number of rotatable bonds is 3. The van der Waals surface area contributed by atoms with Crippen LogP contribution in [-0.2, 0) is 11.8 Å². The molecule has 106 valence electrons. The standard InChI is InChI=1S/C18H28O/c1-12-9-15(18(3,4)5)10-13(2)16(12)11-17(19)14-7-6-8-14/h9-10,14,17,19H,6-8,11H2,1-5H3. The van der Waals surface area contributed by atoms with Gasteiger partial charge in [-0.1, -0.05) is 39.3 Å². The molecule has 0 spiro atoms. The predicted molar refractivity (Wildman–Crippen MR) is 81.7 cm³/mol. The number of hydrogen-bond acceptors (Lipinski definition) is 1. The van der Waals surface area contributed by atoms with Crippen molar-refractivity contribution < 1.29 is 5.11 Å². The lowest BCUT2D eigenvalue weighted by Gasteiger charge is -2.31. The van der Waals surface area contributed by atoms with Crippen LogP contribution in [0.25, 0.3) is 0 Å². The van der Waals surface area contributed by atoms with Crippen molar-refractivity contribution >= 4 is 0 Å². The fraction of sp³-hybridized carbons (Fsp3) is 0.667. The van der Waals surface area contributed by atoms with Crippen molar-refractivity contribution in [1.29, 1.82) is 0 Å². The Balaban J connectivity index is 2.21. The normalized spacial score (nSPS) is 18.2. The third-order valence-corrected chi connectivity index (χ3v) is 4.67. The fourth-order valence-corrected chi connectivity index (χ4v) is 2.95. The van der Waals surface area contributed by atoms with E-state index in [0.717, 1.165) is 6.42 Å². The van der Waals surface area contributed by atoms with Gasteiger partial charge in [0.1, 0.15) is 0 Å². The summed E-state index contributed by atoms with van der Waals surface area (Å²) in [4.78, 5) is 0. The maximum absolute atomic E-state index is 10.3. The zero-order valence-electron chi connectivity index (χ0n) is 13.1. The van der Waals surface area contributed by atoms with Crippen molar-refractivity contribution in [3.8, 4) is 0 Å². The average molecular weight is 260 g/mol. The van der Waals surface area contributed by atoms with E-state index in [4.69, 9.17) is 0 Å². The summed E-state index contributed by atoms with van der Waals surface area (Å²) in [5, 5.41) is 10.3. The van der Waals surface area contributed by atoms with Crippen LogP contribution in [0.3, 0.4) is 0 Å². The predicted octanol–water partition coefficient (Wildman–Crippen LogP) is 4.30. The Morgan fingerprint density at radius 1 is 1.16 bits per heavy atom. The van der Waals surface area contributed by atoms with Gasteiger partial charge in [0.15, 0.2) is 0 Å². The van der Waals surface area contributed by atoms with Crippen molar-refractivity contribution in [2.24, 2.45) is 5.92 Å². The molecule has 0 amide bonds. The Kier molecular flexibility index (Phi) is 4.06. The van der Waals surface area contributed by atoms with E-state index in [1.165, 1.54) is 41.5 Å². The van der Waals surface area contributed by atoms with E-state index in [2.05, 4.69) is 46.8 Å². The van der Waals surface area contributed by atoms with Gasteiger partial charge in [-0.3, -0.25) is 0 Å². The molecule has 1 aliphatic rings. The summed E-state index contributed by atoms with van der Waals surface area (Å²) in [5.41, 5.74) is 5.61. The lowest BCUT2D eigenvalue weighted by atomic mass is 9.77. The van der Waals surface area contributed by atoms with E-state index in [0.29, 0.717) is 5.92 Å². The molecule has 1 aromatic carbocycles. The Morgan fingerprint density at radius 3 is 2.05 bits per heavy atom. The van der Waals surface area contributed by atoms with Gasteiger partial charge in [0, 0.05) is 0 Å². The second-order valence-corrected chi connectivity index (χ2v) is 7.30. The summed E-state index contributed by atoms with van der Waals surface area (Å²) in [5.74, 6) is 0.543. The first kappa shape index (κ1) is 14.6. The Labute approximate surface area is 118 Å². The molecule has 0 saturated heterocycles. The average Bonchev–Trinajstić information content (AvgIpc) is 2.19. The second kappa shape index (κ2) is 5.28. The molecule has 0 radical (unpaired) electrons. The molecular weight excluding hydrogens is 232 g/mol. The van der Waals surface area contributed by atoms with Crippen LogP contribution in [-0.4, -0.2) is 11.2 Å². The van der Waals surface area contributed by atoms with Gasteiger partial charge in [-0.15, -0.1) is 0 Å². The highest BCUT2D eigenvalue weighted by molar-refractivity contribution is 5.40. The Morgan fingerprint density at radius 2 is 1.68 bits per heavy atom. The van der Waals surface area contributed by atoms with E-state index < -0.39 is 0 Å². The Bertz CT molecular complexity index is 426. The second-order valence-electron chi connectivity index (χ2n) is 7.30. The summed E-state index contributed by atoms with van der Waals surface area (Å²) in [6, 6.07) is 4.60. The highest BCUT2D eigenvalue weighted by atomic mass is 16.3.